The van der Waals surface area contributed by atoms with Crippen LogP contribution < -0.4 is 16.0 Å². The van der Waals surface area contributed by atoms with Crippen LogP contribution in [0.3, 0.4) is 0 Å². The molecule has 0 aliphatic carbocycles. The Kier molecular flexibility index (Phi) is 7.60. The van der Waals surface area contributed by atoms with Crippen molar-refractivity contribution >= 4 is 17.5 Å². The molecule has 0 bridgehead atoms. The Labute approximate surface area is 132 Å². The number of nitrogens with one attached hydrogen (secondary N) is 3. The van der Waals surface area contributed by atoms with E-state index < -0.39 is 0 Å². The first kappa shape index (κ1) is 18.2. The molecule has 0 spiro atoms. The fraction of sp³-hybridized carbons (Fsp3) is 0.529. The van der Waals surface area contributed by atoms with Gasteiger partial charge in [-0.05, 0) is 56.6 Å². The van der Waals surface area contributed by atoms with E-state index in [1.807, 2.05) is 14.0 Å². The van der Waals surface area contributed by atoms with E-state index in [1.165, 1.54) is 0 Å². The van der Waals surface area contributed by atoms with Gasteiger partial charge in [0.15, 0.2) is 0 Å². The summed E-state index contributed by atoms with van der Waals surface area (Å²) in [5.74, 6) is 0.334. The van der Waals surface area contributed by atoms with E-state index in [0.717, 1.165) is 24.2 Å². The van der Waals surface area contributed by atoms with Gasteiger partial charge in [-0.2, -0.15) is 0 Å². The molecule has 122 valence electrons. The summed E-state index contributed by atoms with van der Waals surface area (Å²) in [4.78, 5) is 23.8. The molecule has 3 N–H and O–H groups in total. The van der Waals surface area contributed by atoms with Crippen LogP contribution in [0.4, 0.5) is 5.69 Å². The van der Waals surface area contributed by atoms with Crippen LogP contribution in [0.1, 0.15) is 42.6 Å². The van der Waals surface area contributed by atoms with E-state index in [0.29, 0.717) is 24.4 Å². The summed E-state index contributed by atoms with van der Waals surface area (Å²) in [5.41, 5.74) is 2.26. The number of carbonyl (C=O) groups is 2. The first-order valence-corrected chi connectivity index (χ1v) is 7.77. The van der Waals surface area contributed by atoms with Crippen LogP contribution in [-0.4, -0.2) is 32.0 Å². The lowest BCUT2D eigenvalue weighted by atomic mass is 10.1. The van der Waals surface area contributed by atoms with Gasteiger partial charge >= 0.3 is 0 Å². The summed E-state index contributed by atoms with van der Waals surface area (Å²) in [7, 11) is 1.87. The first-order valence-electron chi connectivity index (χ1n) is 7.77. The first-order chi connectivity index (χ1) is 10.4. The SMILES string of the molecule is CNCCCC(=O)Nc1ccc(C(=O)NCC(C)C)cc1C. The average molecular weight is 305 g/mol. The van der Waals surface area contributed by atoms with Crippen molar-refractivity contribution in [3.8, 4) is 0 Å². The summed E-state index contributed by atoms with van der Waals surface area (Å²) < 4.78 is 0. The number of aryl methyl sites for hydroxylation is 1. The van der Waals surface area contributed by atoms with Gasteiger partial charge in [0.25, 0.3) is 5.91 Å². The van der Waals surface area contributed by atoms with Crippen LogP contribution in [0.2, 0.25) is 0 Å². The largest absolute Gasteiger partial charge is 0.352 e. The molecule has 1 aromatic carbocycles. The predicted octanol–water partition coefficient (Wildman–Crippen LogP) is 2.32. The van der Waals surface area contributed by atoms with Crippen molar-refractivity contribution in [2.24, 2.45) is 5.92 Å². The van der Waals surface area contributed by atoms with Crippen LogP contribution in [0.25, 0.3) is 0 Å². The van der Waals surface area contributed by atoms with Gasteiger partial charge in [0.2, 0.25) is 5.91 Å². The minimum absolute atomic E-state index is 0.00430. The van der Waals surface area contributed by atoms with Crippen LogP contribution in [-0.2, 0) is 4.79 Å². The summed E-state index contributed by atoms with van der Waals surface area (Å²) in [6.45, 7) is 7.47. The molecule has 0 radical (unpaired) electrons. The molecule has 0 aromatic heterocycles. The topological polar surface area (TPSA) is 70.2 Å². The summed E-state index contributed by atoms with van der Waals surface area (Å²) in [6.07, 6.45) is 1.29. The zero-order valence-electron chi connectivity index (χ0n) is 14.0. The van der Waals surface area contributed by atoms with E-state index in [-0.39, 0.29) is 11.8 Å². The minimum Gasteiger partial charge on any atom is -0.352 e. The van der Waals surface area contributed by atoms with E-state index in [1.54, 1.807) is 18.2 Å². The van der Waals surface area contributed by atoms with Crippen LogP contribution in [0.5, 0.6) is 0 Å². The van der Waals surface area contributed by atoms with Crippen molar-refractivity contribution in [2.45, 2.75) is 33.6 Å². The molecule has 0 atom stereocenters. The number of amides is 2. The van der Waals surface area contributed by atoms with Crippen molar-refractivity contribution in [2.75, 3.05) is 25.5 Å². The Bertz CT molecular complexity index is 513. The third-order valence-electron chi connectivity index (χ3n) is 3.26. The van der Waals surface area contributed by atoms with Gasteiger partial charge in [-0.3, -0.25) is 9.59 Å². The van der Waals surface area contributed by atoms with Gasteiger partial charge in [-0.15, -0.1) is 0 Å². The number of anilines is 1. The molecule has 5 nitrogen and oxygen atoms in total. The maximum Gasteiger partial charge on any atom is 0.251 e. The van der Waals surface area contributed by atoms with Crippen LogP contribution in [0, 0.1) is 12.8 Å². The van der Waals surface area contributed by atoms with Crippen molar-refractivity contribution in [3.05, 3.63) is 29.3 Å². The second kappa shape index (κ2) is 9.20. The molecule has 0 unspecified atom stereocenters. The molecule has 0 aliphatic heterocycles. The molecule has 2 amide bonds. The average Bonchev–Trinajstić information content (AvgIpc) is 2.47. The lowest BCUT2D eigenvalue weighted by Gasteiger charge is -2.11. The number of hydrogen-bond acceptors (Lipinski definition) is 3. The Balaban J connectivity index is 2.61. The fourth-order valence-electron chi connectivity index (χ4n) is 1.98. The van der Waals surface area contributed by atoms with Gasteiger partial charge in [0, 0.05) is 24.2 Å². The Morgan fingerprint density at radius 2 is 1.95 bits per heavy atom. The van der Waals surface area contributed by atoms with E-state index in [9.17, 15) is 9.59 Å². The highest BCUT2D eigenvalue weighted by atomic mass is 16.2. The van der Waals surface area contributed by atoms with Gasteiger partial charge in [-0.25, -0.2) is 0 Å². The highest BCUT2D eigenvalue weighted by Crippen LogP contribution is 2.17. The fourth-order valence-corrected chi connectivity index (χ4v) is 1.98. The molecule has 5 heteroatoms. The molecular formula is C17H27N3O2. The highest BCUT2D eigenvalue weighted by molar-refractivity contribution is 5.96. The highest BCUT2D eigenvalue weighted by Gasteiger charge is 2.09. The Hall–Kier alpha value is -1.88. The second-order valence-electron chi connectivity index (χ2n) is 5.89. The van der Waals surface area contributed by atoms with Crippen molar-refractivity contribution < 1.29 is 9.59 Å². The molecule has 0 aliphatic rings. The zero-order valence-corrected chi connectivity index (χ0v) is 14.0. The van der Waals surface area contributed by atoms with E-state index in [2.05, 4.69) is 29.8 Å². The predicted molar refractivity (Wildman–Crippen MR) is 90.1 cm³/mol. The van der Waals surface area contributed by atoms with Gasteiger partial charge in [0.05, 0.1) is 0 Å². The maximum absolute atomic E-state index is 12.0. The normalized spacial score (nSPS) is 10.6. The Morgan fingerprint density at radius 3 is 2.55 bits per heavy atom. The summed E-state index contributed by atoms with van der Waals surface area (Å²) in [6, 6.07) is 5.33. The third-order valence-corrected chi connectivity index (χ3v) is 3.26. The number of benzene rings is 1. The quantitative estimate of drug-likeness (QED) is 0.646. The van der Waals surface area contributed by atoms with Crippen LogP contribution in [0.15, 0.2) is 18.2 Å². The van der Waals surface area contributed by atoms with E-state index in [4.69, 9.17) is 0 Å². The number of rotatable bonds is 8. The summed E-state index contributed by atoms with van der Waals surface area (Å²) in [5, 5.41) is 8.79. The van der Waals surface area contributed by atoms with Crippen molar-refractivity contribution in [1.82, 2.24) is 10.6 Å². The minimum atomic E-state index is -0.0799. The van der Waals surface area contributed by atoms with E-state index >= 15 is 0 Å². The molecule has 22 heavy (non-hydrogen) atoms. The number of hydrogen-bond donors (Lipinski definition) is 3. The molecule has 0 saturated heterocycles. The Morgan fingerprint density at radius 1 is 1.23 bits per heavy atom. The monoisotopic (exact) mass is 305 g/mol. The standard InChI is InChI=1S/C17H27N3O2/c1-12(2)11-19-17(22)14-7-8-15(13(3)10-14)20-16(21)6-5-9-18-4/h7-8,10,12,18H,5-6,9,11H2,1-4H3,(H,19,22)(H,20,21). The maximum atomic E-state index is 12.0. The lowest BCUT2D eigenvalue weighted by Crippen LogP contribution is -2.27. The van der Waals surface area contributed by atoms with Crippen molar-refractivity contribution in [1.29, 1.82) is 0 Å². The molecule has 1 aromatic rings. The second-order valence-corrected chi connectivity index (χ2v) is 5.89. The van der Waals surface area contributed by atoms with Gasteiger partial charge in [0.1, 0.15) is 0 Å². The zero-order chi connectivity index (χ0) is 16.5. The molecule has 0 saturated carbocycles. The molecule has 0 heterocycles. The number of carbonyl (C=O) groups excluding carboxylic acids is 2. The molecule has 1 rings (SSSR count). The van der Waals surface area contributed by atoms with Gasteiger partial charge in [-0.1, -0.05) is 13.8 Å². The molecule has 0 fully saturated rings. The third kappa shape index (κ3) is 6.26. The van der Waals surface area contributed by atoms with Gasteiger partial charge < -0.3 is 16.0 Å². The summed E-state index contributed by atoms with van der Waals surface area (Å²) >= 11 is 0. The smallest absolute Gasteiger partial charge is 0.251 e. The van der Waals surface area contributed by atoms with Crippen LogP contribution >= 0.6 is 0 Å². The lowest BCUT2D eigenvalue weighted by molar-refractivity contribution is -0.116. The molecular weight excluding hydrogens is 278 g/mol. The van der Waals surface area contributed by atoms with Crippen molar-refractivity contribution in [3.63, 3.8) is 0 Å².